The number of carbonyl (C=O) groups is 2. The Morgan fingerprint density at radius 3 is 1.32 bits per heavy atom. The van der Waals surface area contributed by atoms with Gasteiger partial charge in [-0.1, -0.05) is 276 Å². The molecule has 0 saturated carbocycles. The molecule has 1 rings (SSSR count). The van der Waals surface area contributed by atoms with Gasteiger partial charge in [0.25, 0.3) is 0 Å². The van der Waals surface area contributed by atoms with Crippen molar-refractivity contribution in [2.45, 2.75) is 352 Å². The lowest BCUT2D eigenvalue weighted by molar-refractivity contribution is -0.302. The van der Waals surface area contributed by atoms with Gasteiger partial charge in [0.15, 0.2) is 6.29 Å². The number of ether oxygens (including phenoxy) is 3. The van der Waals surface area contributed by atoms with E-state index in [0.717, 1.165) is 57.8 Å². The van der Waals surface area contributed by atoms with Gasteiger partial charge in [0, 0.05) is 12.8 Å². The van der Waals surface area contributed by atoms with E-state index >= 15 is 0 Å². The van der Waals surface area contributed by atoms with Crippen LogP contribution >= 0.6 is 0 Å². The van der Waals surface area contributed by atoms with Gasteiger partial charge in [-0.25, -0.2) is 0 Å². The van der Waals surface area contributed by atoms with E-state index in [2.05, 4.69) is 31.3 Å². The van der Waals surface area contributed by atoms with Crippen molar-refractivity contribution < 1.29 is 49.3 Å². The maximum atomic E-state index is 13.0. The molecule has 11 nitrogen and oxygen atoms in total. The van der Waals surface area contributed by atoms with Crippen molar-refractivity contribution in [1.82, 2.24) is 5.32 Å². The van der Waals surface area contributed by atoms with Crippen LogP contribution in [-0.4, -0.2) is 100 Å². The number of allylic oxidation sites excluding steroid dienone is 3. The zero-order chi connectivity index (χ0) is 54.5. The third kappa shape index (κ3) is 43.7. The smallest absolute Gasteiger partial charge is 0.305 e. The van der Waals surface area contributed by atoms with Crippen LogP contribution in [-0.2, 0) is 23.8 Å². The number of carbonyl (C=O) groups excluding carboxylic acids is 2. The molecular weight excluding hydrogens is 943 g/mol. The topological polar surface area (TPSA) is 175 Å². The predicted molar refractivity (Wildman–Crippen MR) is 311 cm³/mol. The van der Waals surface area contributed by atoms with E-state index in [0.29, 0.717) is 19.4 Å². The molecule has 1 aliphatic rings. The lowest BCUT2D eigenvalue weighted by Gasteiger charge is -2.40. The second kappa shape index (κ2) is 54.1. The zero-order valence-electron chi connectivity index (χ0n) is 48.8. The Morgan fingerprint density at radius 2 is 0.867 bits per heavy atom. The molecule has 1 saturated heterocycles. The molecule has 442 valence electrons. The minimum absolute atomic E-state index is 0.00225. The maximum absolute atomic E-state index is 13.0. The van der Waals surface area contributed by atoms with Crippen molar-refractivity contribution in [3.8, 4) is 0 Å². The van der Waals surface area contributed by atoms with E-state index in [-0.39, 0.29) is 18.5 Å². The summed E-state index contributed by atoms with van der Waals surface area (Å²) in [5, 5.41) is 54.4. The van der Waals surface area contributed by atoms with Crippen LogP contribution in [0, 0.1) is 0 Å². The first-order valence-electron chi connectivity index (χ1n) is 32.1. The lowest BCUT2D eigenvalue weighted by Crippen LogP contribution is -2.60. The highest BCUT2D eigenvalue weighted by Crippen LogP contribution is 2.23. The van der Waals surface area contributed by atoms with Crippen LogP contribution in [0.25, 0.3) is 0 Å². The minimum atomic E-state index is -1.58. The minimum Gasteiger partial charge on any atom is -0.466 e. The number of nitrogens with one attached hydrogen (secondary N) is 1. The lowest BCUT2D eigenvalue weighted by atomic mass is 9.99. The molecule has 1 aliphatic heterocycles. The van der Waals surface area contributed by atoms with Gasteiger partial charge in [0.05, 0.1) is 32.0 Å². The summed E-state index contributed by atoms with van der Waals surface area (Å²) in [4.78, 5) is 25.1. The van der Waals surface area contributed by atoms with Crippen molar-refractivity contribution in [2.24, 2.45) is 0 Å². The summed E-state index contributed by atoms with van der Waals surface area (Å²) >= 11 is 0. The van der Waals surface area contributed by atoms with Crippen LogP contribution in [0.2, 0.25) is 0 Å². The molecule has 6 N–H and O–H groups in total. The van der Waals surface area contributed by atoms with Crippen LogP contribution in [0.4, 0.5) is 0 Å². The van der Waals surface area contributed by atoms with E-state index in [1.807, 2.05) is 6.08 Å². The Balaban J connectivity index is 2.04. The normalized spacial score (nSPS) is 18.8. The number of aliphatic hydroxyl groups excluding tert-OH is 5. The third-order valence-corrected chi connectivity index (χ3v) is 15.3. The van der Waals surface area contributed by atoms with Gasteiger partial charge >= 0.3 is 5.97 Å². The standard InChI is InChI=1S/C64H121NO10/c1-3-5-7-9-11-13-15-27-31-34-38-42-46-50-57(67)56(55-74-64-63(72)62(71)61(70)58(54-66)75-64)65-59(68)51-47-43-39-35-32-28-25-23-21-19-17-16-18-20-22-24-26-29-33-37-41-45-49-53-73-60(69)52-48-44-40-36-30-14-12-10-8-6-4-2/h31,34,46,50,56-58,61-64,66-67,70-72H,3-30,32-33,35-45,47-49,51-55H2,1-2H3,(H,65,68)/b34-31+,50-46+. The molecule has 7 unspecified atom stereocenters. The zero-order valence-corrected chi connectivity index (χ0v) is 48.8. The summed E-state index contributed by atoms with van der Waals surface area (Å²) in [5.41, 5.74) is 0. The molecule has 0 aromatic heterocycles. The van der Waals surface area contributed by atoms with Crippen molar-refractivity contribution >= 4 is 11.9 Å². The summed E-state index contributed by atoms with van der Waals surface area (Å²) in [7, 11) is 0. The molecule has 11 heteroatoms. The van der Waals surface area contributed by atoms with Crippen LogP contribution in [0.5, 0.6) is 0 Å². The monoisotopic (exact) mass is 1060 g/mol. The Morgan fingerprint density at radius 1 is 0.480 bits per heavy atom. The first-order valence-corrected chi connectivity index (χ1v) is 32.1. The van der Waals surface area contributed by atoms with Gasteiger partial charge in [-0.3, -0.25) is 9.59 Å². The third-order valence-electron chi connectivity index (χ3n) is 15.3. The average Bonchev–Trinajstić information content (AvgIpc) is 3.41. The van der Waals surface area contributed by atoms with E-state index < -0.39 is 49.5 Å². The van der Waals surface area contributed by atoms with E-state index in [1.54, 1.807) is 6.08 Å². The molecule has 7 atom stereocenters. The number of hydrogen-bond donors (Lipinski definition) is 6. The van der Waals surface area contributed by atoms with Crippen molar-refractivity contribution in [3.63, 3.8) is 0 Å². The van der Waals surface area contributed by atoms with Crippen LogP contribution in [0.3, 0.4) is 0 Å². The molecule has 75 heavy (non-hydrogen) atoms. The number of esters is 1. The summed E-state index contributed by atoms with van der Waals surface area (Å²) in [5.74, 6) is -0.188. The van der Waals surface area contributed by atoms with Crippen LogP contribution in [0.1, 0.15) is 309 Å². The van der Waals surface area contributed by atoms with E-state index in [4.69, 9.17) is 14.2 Å². The summed E-state index contributed by atoms with van der Waals surface area (Å²) in [6.45, 7) is 4.34. The molecule has 0 aromatic carbocycles. The largest absolute Gasteiger partial charge is 0.466 e. The fraction of sp³-hybridized carbons (Fsp3) is 0.906. The van der Waals surface area contributed by atoms with Gasteiger partial charge in [-0.2, -0.15) is 0 Å². The number of unbranched alkanes of at least 4 members (excludes halogenated alkanes) is 40. The van der Waals surface area contributed by atoms with Crippen LogP contribution < -0.4 is 5.32 Å². The fourth-order valence-corrected chi connectivity index (χ4v) is 10.2. The number of aliphatic hydroxyl groups is 5. The highest BCUT2D eigenvalue weighted by molar-refractivity contribution is 5.76. The molecule has 0 radical (unpaired) electrons. The molecule has 1 amide bonds. The Bertz CT molecular complexity index is 1300. The fourth-order valence-electron chi connectivity index (χ4n) is 10.2. The van der Waals surface area contributed by atoms with Crippen molar-refractivity contribution in [2.75, 3.05) is 19.8 Å². The summed E-state index contributed by atoms with van der Waals surface area (Å²) < 4.78 is 16.7. The highest BCUT2D eigenvalue weighted by Gasteiger charge is 2.44. The number of amides is 1. The Labute approximate surface area is 461 Å². The predicted octanol–water partition coefficient (Wildman–Crippen LogP) is 15.3. The van der Waals surface area contributed by atoms with E-state index in [1.165, 1.54) is 225 Å². The second-order valence-corrected chi connectivity index (χ2v) is 22.5. The first kappa shape index (κ1) is 71.2. The molecule has 1 fully saturated rings. The van der Waals surface area contributed by atoms with Crippen molar-refractivity contribution in [3.05, 3.63) is 24.3 Å². The summed E-state index contributed by atoms with van der Waals surface area (Å²) in [6.07, 6.45) is 55.7. The number of rotatable bonds is 56. The highest BCUT2D eigenvalue weighted by atomic mass is 16.7. The maximum Gasteiger partial charge on any atom is 0.305 e. The first-order chi connectivity index (χ1) is 36.7. The molecule has 0 aromatic rings. The number of hydrogen-bond acceptors (Lipinski definition) is 10. The molecule has 0 spiro atoms. The molecular formula is C64H121NO10. The van der Waals surface area contributed by atoms with Crippen molar-refractivity contribution in [1.29, 1.82) is 0 Å². The average molecular weight is 1060 g/mol. The van der Waals surface area contributed by atoms with Gasteiger partial charge in [-0.15, -0.1) is 0 Å². The quantitative estimate of drug-likeness (QED) is 0.0195. The Hall–Kier alpha value is -1.86. The van der Waals surface area contributed by atoms with Gasteiger partial charge in [-0.05, 0) is 44.9 Å². The SMILES string of the molecule is CCCCCCCCC/C=C/CC/C=C/C(O)C(COC1OC(CO)C(O)C(O)C1O)NC(=O)CCCCCCCCCCCCCCCCCCCCCCCCCOC(=O)CCCCCCCCCCCCC. The van der Waals surface area contributed by atoms with E-state index in [9.17, 15) is 35.1 Å². The second-order valence-electron chi connectivity index (χ2n) is 22.5. The summed E-state index contributed by atoms with van der Waals surface area (Å²) in [6, 6.07) is -0.826. The van der Waals surface area contributed by atoms with Gasteiger partial charge in [0.2, 0.25) is 5.91 Å². The molecule has 1 heterocycles. The van der Waals surface area contributed by atoms with Gasteiger partial charge < -0.3 is 45.1 Å². The Kier molecular flexibility index (Phi) is 51.3. The van der Waals surface area contributed by atoms with Gasteiger partial charge in [0.1, 0.15) is 24.4 Å². The molecule has 0 aliphatic carbocycles. The van der Waals surface area contributed by atoms with Crippen LogP contribution in [0.15, 0.2) is 24.3 Å². The molecule has 0 bridgehead atoms.